The first kappa shape index (κ1) is 11.7. The Labute approximate surface area is 91.6 Å². The Morgan fingerprint density at radius 2 is 1.36 bits per heavy atom. The Hall–Kier alpha value is -0.346. The third-order valence-electron chi connectivity index (χ3n) is 3.27. The van der Waals surface area contributed by atoms with Gasteiger partial charge in [-0.05, 0) is 0 Å². The first-order valence-corrected chi connectivity index (χ1v) is 10.9. The number of hydrogen-bond donors (Lipinski definition) is 0. The molecule has 0 aromatic heterocycles. The second-order valence-electron chi connectivity index (χ2n) is 4.29. The molecule has 0 saturated carbocycles. The lowest BCUT2D eigenvalue weighted by molar-refractivity contribution is 1.42. The van der Waals surface area contributed by atoms with Gasteiger partial charge in [0.1, 0.15) is 0 Å². The summed E-state index contributed by atoms with van der Waals surface area (Å²) in [6, 6.07) is 12.2. The standard InChI is InChI=1S/C12H22Si2/c1-5-13(3)11-8-7-9-12(10-11)14(4)6-2/h7-10,13-14H,5-6H2,1-4H3. The summed E-state index contributed by atoms with van der Waals surface area (Å²) in [5.74, 6) is 0. The van der Waals surface area contributed by atoms with E-state index in [0.29, 0.717) is 0 Å². The second-order valence-corrected chi connectivity index (χ2v) is 10.9. The van der Waals surface area contributed by atoms with Crippen LogP contribution in [-0.4, -0.2) is 17.6 Å². The van der Waals surface area contributed by atoms with Crippen molar-refractivity contribution in [3.8, 4) is 0 Å². The molecule has 0 spiro atoms. The topological polar surface area (TPSA) is 0 Å². The Bertz CT molecular complexity index is 258. The van der Waals surface area contributed by atoms with Crippen LogP contribution in [0.15, 0.2) is 24.3 Å². The van der Waals surface area contributed by atoms with E-state index in [1.54, 1.807) is 10.4 Å². The van der Waals surface area contributed by atoms with Gasteiger partial charge in [0, 0.05) is 0 Å². The zero-order valence-electron chi connectivity index (χ0n) is 9.88. The minimum atomic E-state index is -0.598. The van der Waals surface area contributed by atoms with E-state index in [0.717, 1.165) is 0 Å². The highest BCUT2D eigenvalue weighted by Crippen LogP contribution is 1.96. The molecule has 1 aromatic rings. The highest BCUT2D eigenvalue weighted by Gasteiger charge is 2.08. The van der Waals surface area contributed by atoms with E-state index >= 15 is 0 Å². The fourth-order valence-corrected chi connectivity index (χ4v) is 4.61. The van der Waals surface area contributed by atoms with Crippen LogP contribution in [0.1, 0.15) is 13.8 Å². The third-order valence-corrected chi connectivity index (χ3v) is 8.72. The van der Waals surface area contributed by atoms with Crippen LogP contribution in [0.4, 0.5) is 0 Å². The van der Waals surface area contributed by atoms with Crippen LogP contribution in [0.25, 0.3) is 0 Å². The summed E-state index contributed by atoms with van der Waals surface area (Å²) in [5.41, 5.74) is 0. The summed E-state index contributed by atoms with van der Waals surface area (Å²) >= 11 is 0. The van der Waals surface area contributed by atoms with E-state index in [1.165, 1.54) is 12.1 Å². The van der Waals surface area contributed by atoms with E-state index in [4.69, 9.17) is 0 Å². The summed E-state index contributed by atoms with van der Waals surface area (Å²) in [7, 11) is -1.20. The van der Waals surface area contributed by atoms with Gasteiger partial charge in [-0.1, -0.05) is 73.7 Å². The molecule has 0 saturated heterocycles. The van der Waals surface area contributed by atoms with Crippen molar-refractivity contribution in [2.24, 2.45) is 0 Å². The van der Waals surface area contributed by atoms with E-state index < -0.39 is 17.6 Å². The van der Waals surface area contributed by atoms with Gasteiger partial charge in [0.15, 0.2) is 0 Å². The summed E-state index contributed by atoms with van der Waals surface area (Å²) < 4.78 is 0. The molecule has 0 nitrogen and oxygen atoms in total. The maximum atomic E-state index is 2.50. The van der Waals surface area contributed by atoms with Gasteiger partial charge in [0.05, 0.1) is 17.6 Å². The molecule has 0 N–H and O–H groups in total. The molecule has 14 heavy (non-hydrogen) atoms. The van der Waals surface area contributed by atoms with Gasteiger partial charge >= 0.3 is 0 Å². The van der Waals surface area contributed by atoms with Crippen molar-refractivity contribution in [3.05, 3.63) is 24.3 Å². The molecule has 2 heteroatoms. The largest absolute Gasteiger partial charge is 0.0680 e. The molecular formula is C12H22Si2. The molecule has 1 rings (SSSR count). The van der Waals surface area contributed by atoms with Gasteiger partial charge in [0.2, 0.25) is 0 Å². The number of hydrogen-bond acceptors (Lipinski definition) is 0. The SMILES string of the molecule is CC[SiH](C)c1cccc([SiH](C)CC)c1. The Morgan fingerprint density at radius 1 is 0.929 bits per heavy atom. The van der Waals surface area contributed by atoms with Gasteiger partial charge in [0.25, 0.3) is 0 Å². The average Bonchev–Trinajstić information content (AvgIpc) is 2.27. The van der Waals surface area contributed by atoms with Crippen LogP contribution >= 0.6 is 0 Å². The lowest BCUT2D eigenvalue weighted by atomic mass is 10.4. The smallest absolute Gasteiger partial charge is 0.0675 e. The van der Waals surface area contributed by atoms with Crippen LogP contribution in [0, 0.1) is 0 Å². The molecule has 0 amide bonds. The molecule has 0 fully saturated rings. The fraction of sp³-hybridized carbons (Fsp3) is 0.500. The first-order valence-electron chi connectivity index (χ1n) is 5.78. The maximum Gasteiger partial charge on any atom is 0.0675 e. The first-order chi connectivity index (χ1) is 6.69. The summed E-state index contributed by atoms with van der Waals surface area (Å²) in [6.07, 6.45) is 0. The van der Waals surface area contributed by atoms with E-state index in [9.17, 15) is 0 Å². The molecule has 78 valence electrons. The fourth-order valence-electron chi connectivity index (χ4n) is 1.64. The van der Waals surface area contributed by atoms with E-state index in [2.05, 4.69) is 51.2 Å². The summed E-state index contributed by atoms with van der Waals surface area (Å²) in [5, 5.41) is 3.33. The lowest BCUT2D eigenvalue weighted by Gasteiger charge is -2.12. The minimum Gasteiger partial charge on any atom is -0.0680 e. The van der Waals surface area contributed by atoms with Gasteiger partial charge in [-0.15, -0.1) is 0 Å². The maximum absolute atomic E-state index is 2.50. The Kier molecular flexibility index (Phi) is 4.62. The molecule has 0 aliphatic rings. The van der Waals surface area contributed by atoms with Crippen molar-refractivity contribution in [2.75, 3.05) is 0 Å². The van der Waals surface area contributed by atoms with E-state index in [-0.39, 0.29) is 0 Å². The molecule has 2 atom stereocenters. The van der Waals surface area contributed by atoms with Gasteiger partial charge < -0.3 is 0 Å². The average molecular weight is 222 g/mol. The Morgan fingerprint density at radius 3 is 1.71 bits per heavy atom. The Balaban J connectivity index is 2.89. The van der Waals surface area contributed by atoms with Crippen LogP contribution in [0.2, 0.25) is 25.2 Å². The van der Waals surface area contributed by atoms with Crippen LogP contribution in [0.5, 0.6) is 0 Å². The van der Waals surface area contributed by atoms with Gasteiger partial charge in [-0.3, -0.25) is 0 Å². The van der Waals surface area contributed by atoms with E-state index in [1.807, 2.05) is 0 Å². The molecule has 1 aromatic carbocycles. The molecule has 0 heterocycles. The molecule has 0 bridgehead atoms. The number of benzene rings is 1. The zero-order valence-corrected chi connectivity index (χ0v) is 12.2. The minimum absolute atomic E-state index is 0.598. The van der Waals surface area contributed by atoms with Crippen molar-refractivity contribution >= 4 is 28.0 Å². The van der Waals surface area contributed by atoms with Crippen molar-refractivity contribution < 1.29 is 0 Å². The van der Waals surface area contributed by atoms with Crippen LogP contribution < -0.4 is 10.4 Å². The molecule has 0 aliphatic heterocycles. The van der Waals surface area contributed by atoms with Crippen molar-refractivity contribution in [2.45, 2.75) is 39.0 Å². The van der Waals surface area contributed by atoms with Gasteiger partial charge in [-0.2, -0.15) is 0 Å². The van der Waals surface area contributed by atoms with Crippen molar-refractivity contribution in [1.29, 1.82) is 0 Å². The highest BCUT2D eigenvalue weighted by molar-refractivity contribution is 6.75. The zero-order chi connectivity index (χ0) is 10.6. The van der Waals surface area contributed by atoms with Crippen LogP contribution in [0.3, 0.4) is 0 Å². The normalized spacial score (nSPS) is 15.1. The van der Waals surface area contributed by atoms with Crippen molar-refractivity contribution in [3.63, 3.8) is 0 Å². The quantitative estimate of drug-likeness (QED) is 0.682. The number of rotatable bonds is 4. The van der Waals surface area contributed by atoms with Crippen LogP contribution in [-0.2, 0) is 0 Å². The van der Waals surface area contributed by atoms with Gasteiger partial charge in [-0.25, -0.2) is 0 Å². The third kappa shape index (κ3) is 2.82. The second kappa shape index (κ2) is 5.51. The highest BCUT2D eigenvalue weighted by atomic mass is 28.3. The molecular weight excluding hydrogens is 200 g/mol. The predicted octanol–water partition coefficient (Wildman–Crippen LogP) is 1.85. The predicted molar refractivity (Wildman–Crippen MR) is 72.7 cm³/mol. The molecule has 0 aliphatic carbocycles. The molecule has 0 radical (unpaired) electrons. The van der Waals surface area contributed by atoms with Crippen molar-refractivity contribution in [1.82, 2.24) is 0 Å². The lowest BCUT2D eigenvalue weighted by Crippen LogP contribution is -2.33. The summed E-state index contributed by atoms with van der Waals surface area (Å²) in [6.45, 7) is 9.56. The molecule has 2 unspecified atom stereocenters. The monoisotopic (exact) mass is 222 g/mol. The summed E-state index contributed by atoms with van der Waals surface area (Å²) in [4.78, 5) is 0.